The molecule has 0 amide bonds. The molecule has 0 radical (unpaired) electrons. The number of ketones is 2. The van der Waals surface area contributed by atoms with Gasteiger partial charge in [0.1, 0.15) is 0 Å². The number of unbranched alkanes of at least 4 members (excludes halogenated alkanes) is 2. The number of hydrogen-bond acceptors (Lipinski definition) is 5. The number of carbonyl (C=O) groups is 3. The van der Waals surface area contributed by atoms with E-state index in [2.05, 4.69) is 26.0 Å². The van der Waals surface area contributed by atoms with Crippen LogP contribution >= 0.6 is 0 Å². The first-order valence-electron chi connectivity index (χ1n) is 15.5. The van der Waals surface area contributed by atoms with Crippen molar-refractivity contribution < 1.29 is 23.9 Å². The summed E-state index contributed by atoms with van der Waals surface area (Å²) in [6.07, 6.45) is 10.4. The van der Waals surface area contributed by atoms with E-state index in [4.69, 9.17) is 9.47 Å². The van der Waals surface area contributed by atoms with Gasteiger partial charge >= 0.3 is 5.97 Å². The third kappa shape index (κ3) is 6.83. The molecule has 226 valence electrons. The Balaban J connectivity index is 2.09. The molecular formula is C37H48O5. The Morgan fingerprint density at radius 1 is 0.810 bits per heavy atom. The molecule has 3 rings (SSSR count). The standard InChI is InChI=1S/C37H48O5/c1-9-14-20-37(21-15-10-2)31-22-26(33(38)28(12-4)25(6)11-3)16-18-29(31)30-19-17-27(23-32(30)37)34(39)35(40)41-24-42-36(7,8)13-5/h11-12,16-19,22-23H,9-10,13-15,20-21,24H2,1-8H3/b25-11-,28-12+. The summed E-state index contributed by atoms with van der Waals surface area (Å²) in [5, 5.41) is 0. The monoisotopic (exact) mass is 572 g/mol. The topological polar surface area (TPSA) is 69.7 Å². The largest absolute Gasteiger partial charge is 0.432 e. The maximum atomic E-state index is 13.7. The molecular weight excluding hydrogens is 524 g/mol. The predicted octanol–water partition coefficient (Wildman–Crippen LogP) is 9.32. The maximum absolute atomic E-state index is 13.7. The Hall–Kier alpha value is -3.31. The van der Waals surface area contributed by atoms with Crippen LogP contribution in [0.3, 0.4) is 0 Å². The molecule has 1 aliphatic carbocycles. The summed E-state index contributed by atoms with van der Waals surface area (Å²) >= 11 is 0. The average molecular weight is 573 g/mol. The third-order valence-electron chi connectivity index (χ3n) is 8.87. The first-order chi connectivity index (χ1) is 20.0. The van der Waals surface area contributed by atoms with Crippen molar-refractivity contribution in [3.8, 4) is 11.1 Å². The molecule has 0 fully saturated rings. The Labute approximate surface area is 252 Å². The van der Waals surface area contributed by atoms with Crippen LogP contribution in [0.4, 0.5) is 0 Å². The van der Waals surface area contributed by atoms with E-state index in [0.29, 0.717) is 16.7 Å². The zero-order valence-electron chi connectivity index (χ0n) is 26.8. The average Bonchev–Trinajstić information content (AvgIpc) is 3.26. The highest BCUT2D eigenvalue weighted by molar-refractivity contribution is 6.40. The van der Waals surface area contributed by atoms with Crippen LogP contribution in [0.2, 0.25) is 0 Å². The lowest BCUT2D eigenvalue weighted by Crippen LogP contribution is -2.28. The van der Waals surface area contributed by atoms with Crippen LogP contribution in [0.1, 0.15) is 132 Å². The molecule has 42 heavy (non-hydrogen) atoms. The van der Waals surface area contributed by atoms with E-state index in [1.54, 1.807) is 6.07 Å². The molecule has 0 unspecified atom stereocenters. The molecule has 0 aromatic heterocycles. The number of esters is 1. The van der Waals surface area contributed by atoms with Gasteiger partial charge in [0.15, 0.2) is 12.6 Å². The first-order valence-corrected chi connectivity index (χ1v) is 15.5. The van der Waals surface area contributed by atoms with E-state index in [0.717, 1.165) is 72.8 Å². The fourth-order valence-corrected chi connectivity index (χ4v) is 5.78. The summed E-state index contributed by atoms with van der Waals surface area (Å²) in [7, 11) is 0. The molecule has 0 spiro atoms. The summed E-state index contributed by atoms with van der Waals surface area (Å²) in [5.41, 5.74) is 6.20. The Morgan fingerprint density at radius 3 is 1.79 bits per heavy atom. The normalized spacial score (nSPS) is 14.4. The summed E-state index contributed by atoms with van der Waals surface area (Å²) in [5.74, 6) is -1.59. The van der Waals surface area contributed by atoms with E-state index >= 15 is 0 Å². The second-order valence-corrected chi connectivity index (χ2v) is 11.9. The zero-order valence-corrected chi connectivity index (χ0v) is 26.8. The highest BCUT2D eigenvalue weighted by Gasteiger charge is 2.43. The van der Waals surface area contributed by atoms with Crippen molar-refractivity contribution >= 4 is 17.5 Å². The lowest BCUT2D eigenvalue weighted by molar-refractivity contribution is -0.163. The van der Waals surface area contributed by atoms with E-state index in [1.165, 1.54) is 0 Å². The number of hydrogen-bond donors (Lipinski definition) is 0. The van der Waals surface area contributed by atoms with Gasteiger partial charge in [-0.05, 0) is 93.8 Å². The molecule has 0 N–H and O–H groups in total. The molecule has 2 aromatic carbocycles. The molecule has 0 saturated carbocycles. The number of fused-ring (bicyclic) bond motifs is 3. The Morgan fingerprint density at radius 2 is 1.33 bits per heavy atom. The van der Waals surface area contributed by atoms with Crippen LogP contribution in [-0.4, -0.2) is 29.9 Å². The van der Waals surface area contributed by atoms with Gasteiger partial charge in [0.05, 0.1) is 5.60 Å². The molecule has 2 aromatic rings. The van der Waals surface area contributed by atoms with Gasteiger partial charge in [0, 0.05) is 22.1 Å². The SMILES string of the molecule is C/C=C(C)\C(=C/C)C(=O)c1ccc2c(c1)C(CCCC)(CCCC)c1cc(C(=O)C(=O)OCOC(C)(C)CC)ccc1-2. The summed E-state index contributed by atoms with van der Waals surface area (Å²) < 4.78 is 10.8. The summed E-state index contributed by atoms with van der Waals surface area (Å²) in [4.78, 5) is 39.6. The Bertz CT molecular complexity index is 1370. The number of benzene rings is 2. The van der Waals surface area contributed by atoms with Crippen LogP contribution in [0.15, 0.2) is 59.7 Å². The van der Waals surface area contributed by atoms with Crippen molar-refractivity contribution in [2.45, 2.75) is 111 Å². The van der Waals surface area contributed by atoms with E-state index in [1.807, 2.05) is 71.9 Å². The fraction of sp³-hybridized carbons (Fsp3) is 0.486. The number of rotatable bonds is 15. The van der Waals surface area contributed by atoms with Gasteiger partial charge in [-0.2, -0.15) is 0 Å². The van der Waals surface area contributed by atoms with Gasteiger partial charge < -0.3 is 9.47 Å². The molecule has 5 heteroatoms. The number of carbonyl (C=O) groups excluding carboxylic acids is 3. The van der Waals surface area contributed by atoms with Gasteiger partial charge in [-0.25, -0.2) is 4.79 Å². The number of ether oxygens (including phenoxy) is 2. The first kappa shape index (κ1) is 33.2. The van der Waals surface area contributed by atoms with Crippen molar-refractivity contribution in [1.82, 2.24) is 0 Å². The van der Waals surface area contributed by atoms with Crippen LogP contribution < -0.4 is 0 Å². The van der Waals surface area contributed by atoms with Crippen molar-refractivity contribution in [2.75, 3.05) is 6.79 Å². The van der Waals surface area contributed by atoms with Gasteiger partial charge in [-0.3, -0.25) is 9.59 Å². The maximum Gasteiger partial charge on any atom is 0.381 e. The highest BCUT2D eigenvalue weighted by atomic mass is 16.7. The smallest absolute Gasteiger partial charge is 0.381 e. The van der Waals surface area contributed by atoms with Crippen LogP contribution in [0, 0.1) is 0 Å². The van der Waals surface area contributed by atoms with Crippen molar-refractivity contribution in [1.29, 1.82) is 0 Å². The lowest BCUT2D eigenvalue weighted by atomic mass is 9.70. The van der Waals surface area contributed by atoms with Gasteiger partial charge in [-0.15, -0.1) is 0 Å². The highest BCUT2D eigenvalue weighted by Crippen LogP contribution is 2.54. The van der Waals surface area contributed by atoms with Gasteiger partial charge in [0.25, 0.3) is 5.78 Å². The molecule has 0 aliphatic heterocycles. The number of allylic oxidation sites excluding steroid dienone is 4. The minimum absolute atomic E-state index is 0.0128. The Kier molecular flexibility index (Phi) is 11.3. The van der Waals surface area contributed by atoms with Crippen molar-refractivity contribution in [2.24, 2.45) is 0 Å². The van der Waals surface area contributed by atoms with E-state index in [-0.39, 0.29) is 18.0 Å². The number of Topliss-reactive ketones (excluding diaryl/α,β-unsaturated/α-hetero) is 2. The van der Waals surface area contributed by atoms with E-state index in [9.17, 15) is 14.4 Å². The predicted molar refractivity (Wildman–Crippen MR) is 170 cm³/mol. The second kappa shape index (κ2) is 14.2. The molecule has 5 nitrogen and oxygen atoms in total. The minimum Gasteiger partial charge on any atom is -0.432 e. The van der Waals surface area contributed by atoms with Gasteiger partial charge in [-0.1, -0.05) is 82.9 Å². The summed E-state index contributed by atoms with van der Waals surface area (Å²) in [6, 6.07) is 11.6. The lowest BCUT2D eigenvalue weighted by Gasteiger charge is -2.33. The van der Waals surface area contributed by atoms with Gasteiger partial charge in [0.2, 0.25) is 0 Å². The van der Waals surface area contributed by atoms with Crippen molar-refractivity contribution in [3.63, 3.8) is 0 Å². The molecule has 0 heterocycles. The second-order valence-electron chi connectivity index (χ2n) is 11.9. The van der Waals surface area contributed by atoms with E-state index < -0.39 is 17.4 Å². The quantitative estimate of drug-likeness (QED) is 0.0531. The third-order valence-corrected chi connectivity index (χ3v) is 8.87. The van der Waals surface area contributed by atoms with Crippen LogP contribution in [-0.2, 0) is 19.7 Å². The fourth-order valence-electron chi connectivity index (χ4n) is 5.78. The van der Waals surface area contributed by atoms with Crippen LogP contribution in [0.5, 0.6) is 0 Å². The minimum atomic E-state index is -0.920. The molecule has 0 atom stereocenters. The molecule has 0 saturated heterocycles. The van der Waals surface area contributed by atoms with Crippen LogP contribution in [0.25, 0.3) is 11.1 Å². The molecule has 1 aliphatic rings. The molecule has 0 bridgehead atoms. The summed E-state index contributed by atoms with van der Waals surface area (Å²) in [6.45, 7) is 15.7. The van der Waals surface area contributed by atoms with Crippen molar-refractivity contribution in [3.05, 3.63) is 82.0 Å². The zero-order chi connectivity index (χ0) is 31.1.